The van der Waals surface area contributed by atoms with Gasteiger partial charge in [-0.05, 0) is 31.2 Å². The summed E-state index contributed by atoms with van der Waals surface area (Å²) in [6.45, 7) is 1.97. The second-order valence-electron chi connectivity index (χ2n) is 4.12. The van der Waals surface area contributed by atoms with Crippen molar-refractivity contribution in [3.63, 3.8) is 0 Å². The van der Waals surface area contributed by atoms with E-state index in [2.05, 4.69) is 5.32 Å². The van der Waals surface area contributed by atoms with Gasteiger partial charge in [-0.1, -0.05) is 29.0 Å². The molecule has 0 saturated heterocycles. The van der Waals surface area contributed by atoms with Crippen LogP contribution in [0.3, 0.4) is 0 Å². The summed E-state index contributed by atoms with van der Waals surface area (Å²) in [5, 5.41) is 13.3. The van der Waals surface area contributed by atoms with Crippen molar-refractivity contribution in [3.8, 4) is 0 Å². The monoisotopic (exact) mass is 288 g/mol. The van der Waals surface area contributed by atoms with E-state index in [4.69, 9.17) is 0 Å². The van der Waals surface area contributed by atoms with Crippen LogP contribution in [0.15, 0.2) is 42.5 Å². The highest BCUT2D eigenvalue weighted by molar-refractivity contribution is 7.16. The topological polar surface area (TPSA) is 72.2 Å². The molecule has 1 aromatic heterocycles. The molecule has 0 unspecified atom stereocenters. The van der Waals surface area contributed by atoms with E-state index in [9.17, 15) is 14.9 Å². The number of carbonyl (C=O) groups is 1. The Balaban J connectivity index is 1.98. The second-order valence-corrected chi connectivity index (χ2v) is 5.22. The van der Waals surface area contributed by atoms with Crippen molar-refractivity contribution in [2.24, 2.45) is 0 Å². The lowest BCUT2D eigenvalue weighted by molar-refractivity contribution is -0.380. The van der Waals surface area contributed by atoms with Gasteiger partial charge in [0, 0.05) is 22.7 Å². The molecule has 0 spiro atoms. The number of amides is 1. The average molecular weight is 288 g/mol. The summed E-state index contributed by atoms with van der Waals surface area (Å²) in [4.78, 5) is 22.4. The van der Waals surface area contributed by atoms with Crippen LogP contribution in [0, 0.1) is 17.0 Å². The predicted molar refractivity (Wildman–Crippen MR) is 79.8 cm³/mol. The quantitative estimate of drug-likeness (QED) is 0.530. The highest BCUT2D eigenvalue weighted by atomic mass is 32.1. The third-order valence-corrected chi connectivity index (χ3v) is 3.51. The molecule has 0 aliphatic rings. The molecule has 0 saturated carbocycles. The fourth-order valence-corrected chi connectivity index (χ4v) is 2.23. The first kappa shape index (κ1) is 14.0. The molecule has 5 nitrogen and oxygen atoms in total. The molecule has 1 amide bonds. The molecule has 1 aromatic carbocycles. The molecule has 0 aliphatic heterocycles. The summed E-state index contributed by atoms with van der Waals surface area (Å²) in [6.07, 6.45) is 2.91. The van der Waals surface area contributed by atoms with E-state index in [-0.39, 0.29) is 10.9 Å². The lowest BCUT2D eigenvalue weighted by atomic mass is 10.2. The van der Waals surface area contributed by atoms with Gasteiger partial charge < -0.3 is 5.32 Å². The van der Waals surface area contributed by atoms with Crippen molar-refractivity contribution in [1.82, 2.24) is 0 Å². The largest absolute Gasteiger partial charge is 0.324 e. The van der Waals surface area contributed by atoms with Crippen molar-refractivity contribution in [2.75, 3.05) is 5.32 Å². The summed E-state index contributed by atoms with van der Waals surface area (Å²) in [5.41, 5.74) is 1.83. The lowest BCUT2D eigenvalue weighted by Gasteiger charge is -2.01. The van der Waals surface area contributed by atoms with E-state index < -0.39 is 4.92 Å². The minimum absolute atomic E-state index is 0.0589. The first-order valence-corrected chi connectivity index (χ1v) is 6.66. The number of rotatable bonds is 4. The number of aryl methyl sites for hydroxylation is 1. The van der Waals surface area contributed by atoms with Crippen molar-refractivity contribution < 1.29 is 9.72 Å². The summed E-state index contributed by atoms with van der Waals surface area (Å²) >= 11 is 1.03. The Morgan fingerprint density at radius 3 is 2.55 bits per heavy atom. The first-order valence-electron chi connectivity index (χ1n) is 5.84. The first-order chi connectivity index (χ1) is 9.54. The molecule has 0 atom stereocenters. The maximum Gasteiger partial charge on any atom is 0.324 e. The van der Waals surface area contributed by atoms with Gasteiger partial charge >= 0.3 is 5.00 Å². The van der Waals surface area contributed by atoms with E-state index in [0.29, 0.717) is 10.6 Å². The third kappa shape index (κ3) is 3.76. The van der Waals surface area contributed by atoms with Gasteiger partial charge in [0.1, 0.15) is 0 Å². The maximum absolute atomic E-state index is 11.7. The Labute approximate surface area is 119 Å². The summed E-state index contributed by atoms with van der Waals surface area (Å²) < 4.78 is 0. The van der Waals surface area contributed by atoms with Crippen LogP contribution in [0.4, 0.5) is 10.7 Å². The Morgan fingerprint density at radius 1 is 1.25 bits per heavy atom. The second kappa shape index (κ2) is 6.12. The molecular formula is C14H12N2O3S. The SMILES string of the molecule is Cc1ccc(NC(=O)C=Cc2ccc([N+](=O)[O-])s2)cc1. The van der Waals surface area contributed by atoms with Crippen LogP contribution >= 0.6 is 11.3 Å². The number of benzene rings is 1. The molecule has 0 radical (unpaired) electrons. The standard InChI is InChI=1S/C14H12N2O3S/c1-10-2-4-11(5-3-10)15-13(17)8-6-12-7-9-14(20-12)16(18)19/h2-9H,1H3,(H,15,17). The van der Waals surface area contributed by atoms with Crippen LogP contribution < -0.4 is 5.32 Å². The van der Waals surface area contributed by atoms with E-state index in [0.717, 1.165) is 16.9 Å². The summed E-state index contributed by atoms with van der Waals surface area (Å²) in [6, 6.07) is 10.5. The predicted octanol–water partition coefficient (Wildman–Crippen LogP) is 3.62. The van der Waals surface area contributed by atoms with E-state index >= 15 is 0 Å². The average Bonchev–Trinajstić information content (AvgIpc) is 2.88. The van der Waals surface area contributed by atoms with Crippen LogP contribution in [0.1, 0.15) is 10.4 Å². The molecule has 1 N–H and O–H groups in total. The number of hydrogen-bond acceptors (Lipinski definition) is 4. The van der Waals surface area contributed by atoms with E-state index in [1.807, 2.05) is 31.2 Å². The smallest absolute Gasteiger partial charge is 0.323 e. The number of carbonyl (C=O) groups excluding carboxylic acids is 1. The number of nitrogens with zero attached hydrogens (tertiary/aromatic N) is 1. The minimum Gasteiger partial charge on any atom is -0.323 e. The highest BCUT2D eigenvalue weighted by Gasteiger charge is 2.07. The van der Waals surface area contributed by atoms with E-state index in [1.54, 1.807) is 12.1 Å². The molecular weight excluding hydrogens is 276 g/mol. The lowest BCUT2D eigenvalue weighted by Crippen LogP contribution is -2.07. The minimum atomic E-state index is -0.450. The van der Waals surface area contributed by atoms with Gasteiger partial charge in [-0.25, -0.2) is 0 Å². The number of thiophene rings is 1. The van der Waals surface area contributed by atoms with Crippen molar-refractivity contribution in [1.29, 1.82) is 0 Å². The van der Waals surface area contributed by atoms with Crippen LogP contribution in [-0.4, -0.2) is 10.8 Å². The van der Waals surface area contributed by atoms with Crippen LogP contribution in [0.5, 0.6) is 0 Å². The number of anilines is 1. The number of nitro groups is 1. The zero-order chi connectivity index (χ0) is 14.5. The summed E-state index contributed by atoms with van der Waals surface area (Å²) in [5.74, 6) is -0.273. The molecule has 2 rings (SSSR count). The molecule has 20 heavy (non-hydrogen) atoms. The van der Waals surface area contributed by atoms with Crippen LogP contribution in [0.2, 0.25) is 0 Å². The van der Waals surface area contributed by atoms with Gasteiger partial charge in [-0.15, -0.1) is 0 Å². The van der Waals surface area contributed by atoms with Gasteiger partial charge in [0.05, 0.1) is 4.92 Å². The van der Waals surface area contributed by atoms with Gasteiger partial charge in [0.15, 0.2) is 0 Å². The Kier molecular flexibility index (Phi) is 4.27. The maximum atomic E-state index is 11.7. The molecule has 0 fully saturated rings. The van der Waals surface area contributed by atoms with Crippen molar-refractivity contribution in [2.45, 2.75) is 6.92 Å². The zero-order valence-electron chi connectivity index (χ0n) is 10.7. The summed E-state index contributed by atoms with van der Waals surface area (Å²) in [7, 11) is 0. The zero-order valence-corrected chi connectivity index (χ0v) is 11.5. The van der Waals surface area contributed by atoms with Gasteiger partial charge in [0.2, 0.25) is 5.91 Å². The van der Waals surface area contributed by atoms with Crippen molar-refractivity contribution in [3.05, 3.63) is 63.0 Å². The fourth-order valence-electron chi connectivity index (χ4n) is 1.51. The van der Waals surface area contributed by atoms with Gasteiger partial charge in [-0.3, -0.25) is 14.9 Å². The molecule has 2 aromatic rings. The molecule has 102 valence electrons. The van der Waals surface area contributed by atoms with E-state index in [1.165, 1.54) is 12.1 Å². The Bertz CT molecular complexity index is 659. The third-order valence-electron chi connectivity index (χ3n) is 2.51. The highest BCUT2D eigenvalue weighted by Crippen LogP contribution is 2.24. The number of nitrogens with one attached hydrogen (secondary N) is 1. The van der Waals surface area contributed by atoms with Crippen LogP contribution in [-0.2, 0) is 4.79 Å². The molecule has 6 heteroatoms. The fraction of sp³-hybridized carbons (Fsp3) is 0.0714. The molecule has 1 heterocycles. The Hall–Kier alpha value is -2.47. The van der Waals surface area contributed by atoms with Gasteiger partial charge in [0.25, 0.3) is 0 Å². The van der Waals surface area contributed by atoms with Gasteiger partial charge in [-0.2, -0.15) is 0 Å². The normalized spacial score (nSPS) is 10.7. The number of hydrogen-bond donors (Lipinski definition) is 1. The Morgan fingerprint density at radius 2 is 1.95 bits per heavy atom. The molecule has 0 bridgehead atoms. The van der Waals surface area contributed by atoms with Crippen molar-refractivity contribution >= 4 is 34.0 Å². The molecule has 0 aliphatic carbocycles. The van der Waals surface area contributed by atoms with Crippen LogP contribution in [0.25, 0.3) is 6.08 Å².